The summed E-state index contributed by atoms with van der Waals surface area (Å²) in [5, 5.41) is 6.74. The van der Waals surface area contributed by atoms with Crippen LogP contribution in [-0.2, 0) is 16.0 Å². The van der Waals surface area contributed by atoms with Gasteiger partial charge in [0.05, 0.1) is 0 Å². The van der Waals surface area contributed by atoms with Crippen LogP contribution in [0.25, 0.3) is 10.9 Å². The molecule has 27 heavy (non-hydrogen) atoms. The van der Waals surface area contributed by atoms with Crippen molar-refractivity contribution in [1.29, 1.82) is 0 Å². The number of aromatic nitrogens is 1. The number of fused-ring (bicyclic) bond motifs is 1. The fourth-order valence-corrected chi connectivity index (χ4v) is 3.28. The van der Waals surface area contributed by atoms with Crippen LogP contribution in [0, 0.1) is 11.2 Å². The lowest BCUT2D eigenvalue weighted by molar-refractivity contribution is -0.134. The minimum atomic E-state index is -1.01. The number of rotatable bonds is 6. The molecule has 5 nitrogen and oxygen atoms in total. The summed E-state index contributed by atoms with van der Waals surface area (Å²) in [7, 11) is 0. The van der Waals surface area contributed by atoms with Crippen LogP contribution in [0.2, 0.25) is 0 Å². The number of carbonyl (C=O) groups is 2. The second-order valence-corrected chi connectivity index (χ2v) is 6.91. The van der Waals surface area contributed by atoms with Crippen molar-refractivity contribution in [3.8, 4) is 0 Å². The Balaban J connectivity index is 1.34. The smallest absolute Gasteiger partial charge is 0.240 e. The first kappa shape index (κ1) is 17.3. The maximum Gasteiger partial charge on any atom is 0.240 e. The van der Waals surface area contributed by atoms with E-state index in [1.54, 1.807) is 0 Å². The molecule has 6 heteroatoms. The molecule has 1 aromatic heterocycles. The molecule has 0 unspecified atom stereocenters. The molecule has 0 atom stereocenters. The third kappa shape index (κ3) is 3.43. The number of anilines is 1. The molecule has 4 rings (SSSR count). The van der Waals surface area contributed by atoms with Gasteiger partial charge in [-0.25, -0.2) is 4.39 Å². The largest absolute Gasteiger partial charge is 0.361 e. The molecule has 0 spiro atoms. The van der Waals surface area contributed by atoms with Crippen molar-refractivity contribution in [2.45, 2.75) is 19.3 Å². The lowest BCUT2D eigenvalue weighted by Crippen LogP contribution is -2.40. The predicted octanol–water partition coefficient (Wildman–Crippen LogP) is 3.38. The molecular formula is C21H20FN3O2. The van der Waals surface area contributed by atoms with Crippen LogP contribution in [0.15, 0.2) is 54.7 Å². The van der Waals surface area contributed by atoms with Gasteiger partial charge >= 0.3 is 0 Å². The zero-order valence-corrected chi connectivity index (χ0v) is 14.7. The van der Waals surface area contributed by atoms with E-state index in [9.17, 15) is 14.0 Å². The van der Waals surface area contributed by atoms with Crippen molar-refractivity contribution in [2.24, 2.45) is 5.41 Å². The Morgan fingerprint density at radius 3 is 2.52 bits per heavy atom. The molecule has 3 N–H and O–H groups in total. The summed E-state index contributed by atoms with van der Waals surface area (Å²) >= 11 is 0. The fraction of sp³-hybridized carbons (Fsp3) is 0.238. The number of nitrogens with one attached hydrogen (secondary N) is 3. The van der Waals surface area contributed by atoms with Gasteiger partial charge in [-0.05, 0) is 55.2 Å². The van der Waals surface area contributed by atoms with Gasteiger partial charge < -0.3 is 15.6 Å². The number of H-pyrrole nitrogens is 1. The summed E-state index contributed by atoms with van der Waals surface area (Å²) < 4.78 is 13.0. The number of amides is 2. The molecule has 3 aromatic rings. The molecule has 0 aliphatic heterocycles. The Hall–Kier alpha value is -3.15. The Bertz CT molecular complexity index is 990. The van der Waals surface area contributed by atoms with Crippen LogP contribution in [-0.4, -0.2) is 23.3 Å². The van der Waals surface area contributed by atoms with Crippen molar-refractivity contribution >= 4 is 28.4 Å². The van der Waals surface area contributed by atoms with E-state index in [1.807, 2.05) is 30.5 Å². The molecule has 0 radical (unpaired) electrons. The van der Waals surface area contributed by atoms with Gasteiger partial charge in [0, 0.05) is 29.3 Å². The molecule has 1 aliphatic carbocycles. The summed E-state index contributed by atoms with van der Waals surface area (Å²) in [5.74, 6) is -0.954. The Kier molecular flexibility index (Phi) is 4.39. The van der Waals surface area contributed by atoms with Gasteiger partial charge in [0.1, 0.15) is 11.2 Å². The summed E-state index contributed by atoms with van der Waals surface area (Å²) in [4.78, 5) is 28.3. The molecule has 1 aliphatic rings. The number of hydrogen-bond donors (Lipinski definition) is 3. The third-order valence-electron chi connectivity index (χ3n) is 5.08. The number of halogens is 1. The molecule has 1 fully saturated rings. The highest BCUT2D eigenvalue weighted by Crippen LogP contribution is 2.46. The van der Waals surface area contributed by atoms with Crippen molar-refractivity contribution in [3.05, 3.63) is 66.1 Å². The van der Waals surface area contributed by atoms with Crippen LogP contribution in [0.4, 0.5) is 10.1 Å². The molecule has 138 valence electrons. The lowest BCUT2D eigenvalue weighted by Gasteiger charge is -2.15. The summed E-state index contributed by atoms with van der Waals surface area (Å²) in [6.45, 7) is 0.465. The molecule has 1 heterocycles. The maximum atomic E-state index is 13.0. The van der Waals surface area contributed by atoms with Gasteiger partial charge in [-0.15, -0.1) is 0 Å². The average molecular weight is 365 g/mol. The normalized spacial score (nSPS) is 14.7. The first-order valence-corrected chi connectivity index (χ1v) is 8.99. The summed E-state index contributed by atoms with van der Waals surface area (Å²) in [6, 6.07) is 13.5. The molecule has 0 bridgehead atoms. The average Bonchev–Trinajstić information content (AvgIpc) is 3.40. The van der Waals surface area contributed by atoms with E-state index in [4.69, 9.17) is 0 Å². The van der Waals surface area contributed by atoms with Gasteiger partial charge in [-0.1, -0.05) is 18.2 Å². The number of hydrogen-bond acceptors (Lipinski definition) is 2. The van der Waals surface area contributed by atoms with E-state index in [0.29, 0.717) is 31.5 Å². The molecule has 1 saturated carbocycles. The second kappa shape index (κ2) is 6.87. The number of aromatic amines is 1. The van der Waals surface area contributed by atoms with Gasteiger partial charge in [0.2, 0.25) is 11.8 Å². The van der Waals surface area contributed by atoms with Crippen LogP contribution in [0.3, 0.4) is 0 Å². The second-order valence-electron chi connectivity index (χ2n) is 6.91. The number of para-hydroxylation sites is 1. The van der Waals surface area contributed by atoms with Gasteiger partial charge in [0.25, 0.3) is 0 Å². The van der Waals surface area contributed by atoms with Crippen molar-refractivity contribution in [3.63, 3.8) is 0 Å². The minimum Gasteiger partial charge on any atom is -0.361 e. The quantitative estimate of drug-likeness (QED) is 0.586. The van der Waals surface area contributed by atoms with Crippen LogP contribution < -0.4 is 10.6 Å². The zero-order chi connectivity index (χ0) is 18.9. The molecular weight excluding hydrogens is 345 g/mol. The first-order valence-electron chi connectivity index (χ1n) is 8.99. The molecule has 0 saturated heterocycles. The van der Waals surface area contributed by atoms with Crippen LogP contribution in [0.5, 0.6) is 0 Å². The zero-order valence-electron chi connectivity index (χ0n) is 14.7. The van der Waals surface area contributed by atoms with Crippen molar-refractivity contribution in [1.82, 2.24) is 10.3 Å². The Morgan fingerprint density at radius 2 is 1.78 bits per heavy atom. The number of carbonyl (C=O) groups excluding carboxylic acids is 2. The molecule has 2 aromatic carbocycles. The highest BCUT2D eigenvalue weighted by atomic mass is 19.1. The predicted molar refractivity (Wildman–Crippen MR) is 102 cm³/mol. The van der Waals surface area contributed by atoms with E-state index in [0.717, 1.165) is 16.5 Å². The lowest BCUT2D eigenvalue weighted by atomic mass is 10.0. The Labute approximate surface area is 156 Å². The monoisotopic (exact) mass is 365 g/mol. The summed E-state index contributed by atoms with van der Waals surface area (Å²) in [5.41, 5.74) is 1.68. The number of benzene rings is 2. The molecule has 2 amide bonds. The van der Waals surface area contributed by atoms with E-state index in [-0.39, 0.29) is 17.6 Å². The summed E-state index contributed by atoms with van der Waals surface area (Å²) in [6.07, 6.45) is 3.69. The topological polar surface area (TPSA) is 74.0 Å². The standard InChI is InChI=1S/C21H20FN3O2/c22-15-5-7-16(8-6-15)25-20(27)21(10-11-21)19(26)23-12-9-14-13-24-18-4-2-1-3-17(14)18/h1-8,13,24H,9-12H2,(H,23,26)(H,25,27). The minimum absolute atomic E-state index is 0.248. The highest BCUT2D eigenvalue weighted by molar-refractivity contribution is 6.13. The van der Waals surface area contributed by atoms with E-state index in [2.05, 4.69) is 15.6 Å². The van der Waals surface area contributed by atoms with Crippen molar-refractivity contribution < 1.29 is 14.0 Å². The maximum absolute atomic E-state index is 13.0. The van der Waals surface area contributed by atoms with Crippen LogP contribution >= 0.6 is 0 Å². The highest BCUT2D eigenvalue weighted by Gasteiger charge is 2.56. The first-order chi connectivity index (χ1) is 13.1. The van der Waals surface area contributed by atoms with E-state index in [1.165, 1.54) is 24.3 Å². The van der Waals surface area contributed by atoms with Gasteiger partial charge in [0.15, 0.2) is 0 Å². The van der Waals surface area contributed by atoms with E-state index >= 15 is 0 Å². The fourth-order valence-electron chi connectivity index (χ4n) is 3.28. The van der Waals surface area contributed by atoms with Crippen molar-refractivity contribution in [2.75, 3.05) is 11.9 Å². The Morgan fingerprint density at radius 1 is 1.04 bits per heavy atom. The SMILES string of the molecule is O=C(NCCc1c[nH]c2ccccc12)C1(C(=O)Nc2ccc(F)cc2)CC1. The van der Waals surface area contributed by atoms with E-state index < -0.39 is 5.41 Å². The van der Waals surface area contributed by atoms with Gasteiger partial charge in [-0.2, -0.15) is 0 Å². The van der Waals surface area contributed by atoms with Gasteiger partial charge in [-0.3, -0.25) is 9.59 Å². The third-order valence-corrected chi connectivity index (χ3v) is 5.08. The van der Waals surface area contributed by atoms with Crippen LogP contribution in [0.1, 0.15) is 18.4 Å².